The summed E-state index contributed by atoms with van der Waals surface area (Å²) in [5, 5.41) is 3.74. The molecule has 0 spiro atoms. The minimum atomic E-state index is -0.385. The van der Waals surface area contributed by atoms with Gasteiger partial charge < -0.3 is 5.32 Å². The summed E-state index contributed by atoms with van der Waals surface area (Å²) in [5.74, 6) is 0.194. The molecule has 0 aromatic carbocycles. The molecular weight excluding hydrogens is 335 g/mol. The predicted octanol–water partition coefficient (Wildman–Crippen LogP) is 3.44. The van der Waals surface area contributed by atoms with Crippen LogP contribution in [-0.2, 0) is 0 Å². The fourth-order valence-electron chi connectivity index (χ4n) is 3.88. The number of rotatable bonds is 3. The molecule has 0 aromatic rings. The maximum Gasteiger partial charge on any atom is 0.209 e. The van der Waals surface area contributed by atoms with Gasteiger partial charge in [-0.3, -0.25) is 9.30 Å². The third-order valence-electron chi connectivity index (χ3n) is 5.30. The molecule has 0 radical (unpaired) electrons. The Kier molecular flexibility index (Phi) is 4.90. The summed E-state index contributed by atoms with van der Waals surface area (Å²) >= 11 is 4.43. The molecule has 25 heavy (non-hydrogen) atoms. The second kappa shape index (κ2) is 7.30. The number of fused-ring (bicyclic) bond motifs is 1. The summed E-state index contributed by atoms with van der Waals surface area (Å²) in [7, 11) is 0. The largest absolute Gasteiger partial charge is 0.385 e. The van der Waals surface area contributed by atoms with E-state index >= 15 is 0 Å². The second-order valence-corrected chi connectivity index (χ2v) is 7.59. The van der Waals surface area contributed by atoms with Gasteiger partial charge in [0.15, 0.2) is 0 Å². The first-order chi connectivity index (χ1) is 12.2. The number of halogens is 1. The highest BCUT2D eigenvalue weighted by molar-refractivity contribution is 7.77. The van der Waals surface area contributed by atoms with Gasteiger partial charge in [-0.2, -0.15) is 4.39 Å². The SMILES string of the molecule is FC1=CC(C2=CC3C=CN=CC3C(NC3CCN(S)CC3)=C2)CC=N1. The van der Waals surface area contributed by atoms with Crippen molar-refractivity contribution < 1.29 is 4.39 Å². The third kappa shape index (κ3) is 3.80. The molecule has 6 heteroatoms. The van der Waals surface area contributed by atoms with E-state index in [1.165, 1.54) is 5.70 Å². The maximum atomic E-state index is 13.6. The summed E-state index contributed by atoms with van der Waals surface area (Å²) in [6, 6.07) is 0.453. The van der Waals surface area contributed by atoms with Gasteiger partial charge in [-0.1, -0.05) is 25.0 Å². The van der Waals surface area contributed by atoms with Gasteiger partial charge in [-0.15, -0.1) is 0 Å². The third-order valence-corrected chi connectivity index (χ3v) is 5.70. The Balaban J connectivity index is 1.56. The zero-order valence-corrected chi connectivity index (χ0v) is 14.9. The van der Waals surface area contributed by atoms with Crippen molar-refractivity contribution in [3.8, 4) is 0 Å². The van der Waals surface area contributed by atoms with Gasteiger partial charge in [0.25, 0.3) is 0 Å². The molecular formula is C19H23FN4S. The first-order valence-corrected chi connectivity index (χ1v) is 9.32. The van der Waals surface area contributed by atoms with E-state index in [9.17, 15) is 4.39 Å². The van der Waals surface area contributed by atoms with Gasteiger partial charge in [-0.25, -0.2) is 4.99 Å². The highest BCUT2D eigenvalue weighted by atomic mass is 32.1. The molecule has 3 atom stereocenters. The Hall–Kier alpha value is -1.66. The van der Waals surface area contributed by atoms with Crippen molar-refractivity contribution in [2.45, 2.75) is 25.3 Å². The van der Waals surface area contributed by atoms with E-state index in [4.69, 9.17) is 0 Å². The van der Waals surface area contributed by atoms with Crippen LogP contribution in [0.5, 0.6) is 0 Å². The molecule has 1 saturated heterocycles. The number of hydrogen-bond acceptors (Lipinski definition) is 5. The van der Waals surface area contributed by atoms with Gasteiger partial charge in [0.2, 0.25) is 5.95 Å². The minimum absolute atomic E-state index is 0.0572. The lowest BCUT2D eigenvalue weighted by Gasteiger charge is -2.35. The normalized spacial score (nSPS) is 32.7. The zero-order valence-electron chi connectivity index (χ0n) is 14.1. The fraction of sp³-hybridized carbons (Fsp3) is 0.474. The summed E-state index contributed by atoms with van der Waals surface area (Å²) in [4.78, 5) is 8.07. The lowest BCUT2D eigenvalue weighted by atomic mass is 9.78. The van der Waals surface area contributed by atoms with E-state index in [0.717, 1.165) is 37.9 Å². The monoisotopic (exact) mass is 358 g/mol. The molecule has 0 bridgehead atoms. The van der Waals surface area contributed by atoms with Crippen molar-refractivity contribution in [2.24, 2.45) is 27.7 Å². The minimum Gasteiger partial charge on any atom is -0.385 e. The number of nitrogens with one attached hydrogen (secondary N) is 1. The highest BCUT2D eigenvalue weighted by Gasteiger charge is 2.30. The average molecular weight is 358 g/mol. The molecule has 1 fully saturated rings. The van der Waals surface area contributed by atoms with Crippen LogP contribution in [0.1, 0.15) is 19.3 Å². The van der Waals surface area contributed by atoms with Crippen LogP contribution in [0.15, 0.2) is 57.7 Å². The van der Waals surface area contributed by atoms with E-state index in [-0.39, 0.29) is 23.7 Å². The van der Waals surface area contributed by atoms with Crippen LogP contribution in [0.3, 0.4) is 0 Å². The van der Waals surface area contributed by atoms with E-state index in [1.807, 2.05) is 12.4 Å². The highest BCUT2D eigenvalue weighted by Crippen LogP contribution is 2.35. The summed E-state index contributed by atoms with van der Waals surface area (Å²) < 4.78 is 15.7. The number of piperidine rings is 1. The van der Waals surface area contributed by atoms with Crippen LogP contribution in [0.2, 0.25) is 0 Å². The van der Waals surface area contributed by atoms with Crippen LogP contribution in [0.4, 0.5) is 4.39 Å². The van der Waals surface area contributed by atoms with Gasteiger partial charge in [0, 0.05) is 61.2 Å². The smallest absolute Gasteiger partial charge is 0.209 e. The van der Waals surface area contributed by atoms with Crippen LogP contribution >= 0.6 is 12.8 Å². The number of allylic oxidation sites excluding steroid dienone is 6. The van der Waals surface area contributed by atoms with E-state index in [2.05, 4.69) is 50.6 Å². The molecule has 1 N–H and O–H groups in total. The first-order valence-electron chi connectivity index (χ1n) is 8.92. The van der Waals surface area contributed by atoms with Crippen molar-refractivity contribution in [2.75, 3.05) is 13.1 Å². The molecule has 0 amide bonds. The molecule has 3 heterocycles. The summed E-state index contributed by atoms with van der Waals surface area (Å²) in [6.07, 6.45) is 16.7. The lowest BCUT2D eigenvalue weighted by molar-refractivity contribution is 0.317. The Morgan fingerprint density at radius 2 is 2.08 bits per heavy atom. The van der Waals surface area contributed by atoms with Crippen molar-refractivity contribution >= 4 is 25.2 Å². The molecule has 4 rings (SSSR count). The molecule has 3 aliphatic heterocycles. The Labute approximate surface area is 153 Å². The second-order valence-electron chi connectivity index (χ2n) is 7.02. The molecule has 0 saturated carbocycles. The number of hydrogen-bond donors (Lipinski definition) is 2. The van der Waals surface area contributed by atoms with E-state index in [1.54, 1.807) is 12.3 Å². The molecule has 4 aliphatic rings. The van der Waals surface area contributed by atoms with Crippen molar-refractivity contribution in [3.63, 3.8) is 0 Å². The van der Waals surface area contributed by atoms with Crippen LogP contribution in [-0.4, -0.2) is 35.9 Å². The molecule has 132 valence electrons. The summed E-state index contributed by atoms with van der Waals surface area (Å²) in [6.45, 7) is 1.98. The maximum absolute atomic E-state index is 13.6. The number of aliphatic imine (C=N–C) groups is 2. The van der Waals surface area contributed by atoms with Crippen LogP contribution in [0.25, 0.3) is 0 Å². The number of thiol groups is 1. The van der Waals surface area contributed by atoms with E-state index < -0.39 is 0 Å². The van der Waals surface area contributed by atoms with E-state index in [0.29, 0.717) is 6.04 Å². The molecule has 1 aliphatic carbocycles. The molecule has 3 unspecified atom stereocenters. The van der Waals surface area contributed by atoms with Gasteiger partial charge in [-0.05, 0) is 37.0 Å². The predicted molar refractivity (Wildman–Crippen MR) is 103 cm³/mol. The Bertz CT molecular complexity index is 698. The van der Waals surface area contributed by atoms with Crippen LogP contribution < -0.4 is 5.32 Å². The van der Waals surface area contributed by atoms with Gasteiger partial charge in [0.05, 0.1) is 0 Å². The van der Waals surface area contributed by atoms with Crippen molar-refractivity contribution in [3.05, 3.63) is 47.7 Å². The van der Waals surface area contributed by atoms with Crippen LogP contribution in [0, 0.1) is 17.8 Å². The molecule has 0 aromatic heterocycles. The van der Waals surface area contributed by atoms with Gasteiger partial charge >= 0.3 is 0 Å². The van der Waals surface area contributed by atoms with Crippen molar-refractivity contribution in [1.29, 1.82) is 0 Å². The standard InChI is InChI=1S/C19H23FN4S/c20-19-11-13(2-6-22-19)15-9-14-1-5-21-12-17(14)18(10-15)23-16-3-7-24(25)8-4-16/h1,5-6,9-14,16-17,23,25H,2-4,7-8H2. The Morgan fingerprint density at radius 3 is 2.88 bits per heavy atom. The number of nitrogens with zero attached hydrogens (tertiary/aromatic N) is 3. The average Bonchev–Trinajstić information content (AvgIpc) is 2.63. The molecule has 4 nitrogen and oxygen atoms in total. The fourth-order valence-corrected chi connectivity index (χ4v) is 4.11. The summed E-state index contributed by atoms with van der Waals surface area (Å²) in [5.41, 5.74) is 2.36. The van der Waals surface area contributed by atoms with Gasteiger partial charge in [0.1, 0.15) is 0 Å². The Morgan fingerprint density at radius 1 is 1.24 bits per heavy atom. The van der Waals surface area contributed by atoms with Crippen molar-refractivity contribution in [1.82, 2.24) is 9.62 Å². The topological polar surface area (TPSA) is 40.0 Å². The first kappa shape index (κ1) is 16.8. The lowest BCUT2D eigenvalue weighted by Crippen LogP contribution is -2.42. The quantitative estimate of drug-likeness (QED) is 0.599. The zero-order chi connectivity index (χ0) is 17.2.